The molecule has 1 aromatic rings. The smallest absolute Gasteiger partial charge is 0.119 e. The van der Waals surface area contributed by atoms with Gasteiger partial charge in [0.25, 0.3) is 0 Å². The molecule has 1 aliphatic rings. The predicted octanol–water partition coefficient (Wildman–Crippen LogP) is 2.56. The van der Waals surface area contributed by atoms with Crippen molar-refractivity contribution in [2.45, 2.75) is 32.7 Å². The van der Waals surface area contributed by atoms with Gasteiger partial charge >= 0.3 is 0 Å². The summed E-state index contributed by atoms with van der Waals surface area (Å²) >= 11 is 0. The summed E-state index contributed by atoms with van der Waals surface area (Å²) in [5.41, 5.74) is 1.37. The average Bonchev–Trinajstić information content (AvgIpc) is 2.46. The Balaban J connectivity index is 1.87. The first-order valence-electron chi connectivity index (χ1n) is 7.76. The molecule has 2 rings (SSSR count). The lowest BCUT2D eigenvalue weighted by atomic mass is 10.1. The van der Waals surface area contributed by atoms with Crippen molar-refractivity contribution in [3.8, 4) is 5.75 Å². The van der Waals surface area contributed by atoms with Gasteiger partial charge in [-0.05, 0) is 56.5 Å². The Bertz CT molecular complexity index is 408. The van der Waals surface area contributed by atoms with Crippen molar-refractivity contribution in [1.29, 1.82) is 0 Å². The van der Waals surface area contributed by atoms with Crippen LogP contribution >= 0.6 is 0 Å². The second kappa shape index (κ2) is 7.65. The normalized spacial score (nSPS) is 24.9. The van der Waals surface area contributed by atoms with Crippen molar-refractivity contribution in [1.82, 2.24) is 10.2 Å². The van der Waals surface area contributed by atoms with E-state index in [1.165, 1.54) is 25.1 Å². The van der Waals surface area contributed by atoms with E-state index in [0.29, 0.717) is 6.04 Å². The van der Waals surface area contributed by atoms with Crippen LogP contribution < -0.4 is 10.1 Å². The molecular weight excluding hydrogens is 248 g/mol. The van der Waals surface area contributed by atoms with Crippen molar-refractivity contribution in [2.24, 2.45) is 5.92 Å². The largest absolute Gasteiger partial charge is 0.497 e. The molecule has 2 unspecified atom stereocenters. The zero-order valence-electron chi connectivity index (χ0n) is 13.1. The molecule has 1 saturated heterocycles. The molecule has 0 bridgehead atoms. The number of nitrogens with one attached hydrogen (secondary N) is 1. The van der Waals surface area contributed by atoms with Crippen molar-refractivity contribution < 1.29 is 4.74 Å². The van der Waals surface area contributed by atoms with Crippen molar-refractivity contribution in [3.05, 3.63) is 29.8 Å². The Morgan fingerprint density at radius 1 is 1.35 bits per heavy atom. The Kier molecular flexibility index (Phi) is 5.86. The first-order chi connectivity index (χ1) is 9.67. The first kappa shape index (κ1) is 15.3. The molecule has 0 radical (unpaired) electrons. The van der Waals surface area contributed by atoms with Crippen LogP contribution in [0.25, 0.3) is 0 Å². The lowest BCUT2D eigenvalue weighted by molar-refractivity contribution is 0.204. The summed E-state index contributed by atoms with van der Waals surface area (Å²) in [6, 6.07) is 9.07. The van der Waals surface area contributed by atoms with Crippen LogP contribution in [-0.2, 0) is 6.42 Å². The third kappa shape index (κ3) is 4.80. The summed E-state index contributed by atoms with van der Waals surface area (Å²) in [6.45, 7) is 9.30. The highest BCUT2D eigenvalue weighted by atomic mass is 16.5. The zero-order chi connectivity index (χ0) is 14.4. The van der Waals surface area contributed by atoms with Crippen molar-refractivity contribution >= 4 is 0 Å². The van der Waals surface area contributed by atoms with E-state index >= 15 is 0 Å². The molecule has 2 atom stereocenters. The molecule has 0 aromatic heterocycles. The molecular formula is C17H28N2O. The van der Waals surface area contributed by atoms with Gasteiger partial charge in [0.1, 0.15) is 5.75 Å². The molecule has 1 aromatic carbocycles. The zero-order valence-corrected chi connectivity index (χ0v) is 13.1. The lowest BCUT2D eigenvalue weighted by Gasteiger charge is -2.31. The summed E-state index contributed by atoms with van der Waals surface area (Å²) in [7, 11) is 1.73. The van der Waals surface area contributed by atoms with E-state index in [9.17, 15) is 0 Å². The molecule has 1 aliphatic heterocycles. The van der Waals surface area contributed by atoms with E-state index in [-0.39, 0.29) is 0 Å². The maximum Gasteiger partial charge on any atom is 0.119 e. The molecule has 1 N–H and O–H groups in total. The summed E-state index contributed by atoms with van der Waals surface area (Å²) in [6.07, 6.45) is 2.34. The standard InChI is InChI=1S/C17H28N2O/c1-14-12-18-15(2)7-9-19(13-14)10-8-16-5-4-6-17(11-16)20-3/h4-6,11,14-15,18H,7-10,12-13H2,1-3H3. The summed E-state index contributed by atoms with van der Waals surface area (Å²) in [5, 5.41) is 3.60. The number of nitrogens with zero attached hydrogens (tertiary/aromatic N) is 1. The van der Waals surface area contributed by atoms with Crippen LogP contribution in [0.3, 0.4) is 0 Å². The molecule has 1 fully saturated rings. The van der Waals surface area contributed by atoms with Gasteiger partial charge in [0.2, 0.25) is 0 Å². The van der Waals surface area contributed by atoms with Gasteiger partial charge in [-0.1, -0.05) is 19.1 Å². The Morgan fingerprint density at radius 2 is 2.20 bits per heavy atom. The number of rotatable bonds is 4. The highest BCUT2D eigenvalue weighted by molar-refractivity contribution is 5.28. The quantitative estimate of drug-likeness (QED) is 0.914. The molecule has 20 heavy (non-hydrogen) atoms. The SMILES string of the molecule is COc1cccc(CCN2CCC(C)NCC(C)C2)c1. The first-order valence-corrected chi connectivity index (χ1v) is 7.76. The molecule has 0 spiro atoms. The number of hydrogen-bond acceptors (Lipinski definition) is 3. The third-order valence-corrected chi connectivity index (χ3v) is 4.11. The molecule has 1 heterocycles. The minimum absolute atomic E-state index is 0.636. The number of methoxy groups -OCH3 is 1. The van der Waals surface area contributed by atoms with E-state index in [1.807, 2.05) is 6.07 Å². The summed E-state index contributed by atoms with van der Waals surface area (Å²) in [5.74, 6) is 1.68. The van der Waals surface area contributed by atoms with Crippen LogP contribution in [0.15, 0.2) is 24.3 Å². The van der Waals surface area contributed by atoms with Crippen molar-refractivity contribution in [3.63, 3.8) is 0 Å². The Morgan fingerprint density at radius 3 is 3.00 bits per heavy atom. The molecule has 3 heteroatoms. The second-order valence-corrected chi connectivity index (χ2v) is 6.11. The molecule has 0 saturated carbocycles. The fraction of sp³-hybridized carbons (Fsp3) is 0.647. The molecule has 0 aliphatic carbocycles. The third-order valence-electron chi connectivity index (χ3n) is 4.11. The van der Waals surface area contributed by atoms with E-state index in [0.717, 1.165) is 31.2 Å². The maximum absolute atomic E-state index is 5.29. The van der Waals surface area contributed by atoms with E-state index in [1.54, 1.807) is 7.11 Å². The van der Waals surface area contributed by atoms with Crippen LogP contribution in [0.5, 0.6) is 5.75 Å². The van der Waals surface area contributed by atoms with Crippen molar-refractivity contribution in [2.75, 3.05) is 33.3 Å². The van der Waals surface area contributed by atoms with Gasteiger partial charge in [0, 0.05) is 19.1 Å². The number of ether oxygens (including phenoxy) is 1. The van der Waals surface area contributed by atoms with Gasteiger partial charge in [0.05, 0.1) is 7.11 Å². The molecule has 3 nitrogen and oxygen atoms in total. The van der Waals surface area contributed by atoms with Crippen LogP contribution in [0.1, 0.15) is 25.8 Å². The van der Waals surface area contributed by atoms with E-state index in [4.69, 9.17) is 4.74 Å². The topological polar surface area (TPSA) is 24.5 Å². The molecule has 112 valence electrons. The monoisotopic (exact) mass is 276 g/mol. The van der Waals surface area contributed by atoms with Gasteiger partial charge < -0.3 is 15.0 Å². The average molecular weight is 276 g/mol. The van der Waals surface area contributed by atoms with Gasteiger partial charge in [-0.3, -0.25) is 0 Å². The Labute approximate surface area is 123 Å². The number of benzene rings is 1. The van der Waals surface area contributed by atoms with Gasteiger partial charge in [0.15, 0.2) is 0 Å². The van der Waals surface area contributed by atoms with E-state index in [2.05, 4.69) is 42.3 Å². The molecule has 0 amide bonds. The Hall–Kier alpha value is -1.06. The highest BCUT2D eigenvalue weighted by Gasteiger charge is 2.16. The van der Waals surface area contributed by atoms with Crippen LogP contribution in [0, 0.1) is 5.92 Å². The van der Waals surface area contributed by atoms with Crippen LogP contribution in [-0.4, -0.2) is 44.2 Å². The van der Waals surface area contributed by atoms with Gasteiger partial charge in [-0.25, -0.2) is 0 Å². The number of hydrogen-bond donors (Lipinski definition) is 1. The van der Waals surface area contributed by atoms with Crippen LogP contribution in [0.4, 0.5) is 0 Å². The van der Waals surface area contributed by atoms with Gasteiger partial charge in [-0.15, -0.1) is 0 Å². The maximum atomic E-state index is 5.29. The lowest BCUT2D eigenvalue weighted by Crippen LogP contribution is -2.43. The predicted molar refractivity (Wildman–Crippen MR) is 84.4 cm³/mol. The summed E-state index contributed by atoms with van der Waals surface area (Å²) < 4.78 is 5.29. The second-order valence-electron chi connectivity index (χ2n) is 6.11. The highest BCUT2D eigenvalue weighted by Crippen LogP contribution is 2.14. The van der Waals surface area contributed by atoms with Crippen LogP contribution in [0.2, 0.25) is 0 Å². The van der Waals surface area contributed by atoms with Gasteiger partial charge in [-0.2, -0.15) is 0 Å². The van der Waals surface area contributed by atoms with E-state index < -0.39 is 0 Å². The fourth-order valence-corrected chi connectivity index (χ4v) is 2.80. The summed E-state index contributed by atoms with van der Waals surface area (Å²) in [4.78, 5) is 2.61. The minimum atomic E-state index is 0.636. The minimum Gasteiger partial charge on any atom is -0.497 e. The fourth-order valence-electron chi connectivity index (χ4n) is 2.80.